The molecule has 1 aliphatic heterocycles. The van der Waals surface area contributed by atoms with Crippen LogP contribution in [-0.2, 0) is 6.42 Å². The number of rotatable bonds is 5. The minimum absolute atomic E-state index is 0.0715. The fourth-order valence-corrected chi connectivity index (χ4v) is 9.86. The number of aromatic hydroxyl groups is 1. The summed E-state index contributed by atoms with van der Waals surface area (Å²) in [5.74, 6) is 1.96. The zero-order valence-corrected chi connectivity index (χ0v) is 32.7. The van der Waals surface area contributed by atoms with Crippen molar-refractivity contribution < 1.29 is 5.11 Å². The van der Waals surface area contributed by atoms with Crippen LogP contribution in [0.5, 0.6) is 5.75 Å². The molecule has 8 aromatic rings. The molecule has 2 atom stereocenters. The lowest BCUT2D eigenvalue weighted by molar-refractivity contribution is 0.483. The lowest BCUT2D eigenvalue weighted by atomic mass is 9.98. The van der Waals surface area contributed by atoms with E-state index in [2.05, 4.69) is 148 Å². The molecule has 274 valence electrons. The van der Waals surface area contributed by atoms with Gasteiger partial charge in [-0.25, -0.2) is 4.98 Å². The molecule has 2 heterocycles. The maximum absolute atomic E-state index is 11.9. The van der Waals surface area contributed by atoms with E-state index in [0.717, 1.165) is 67.6 Å². The van der Waals surface area contributed by atoms with Gasteiger partial charge >= 0.3 is 0 Å². The summed E-state index contributed by atoms with van der Waals surface area (Å²) in [5, 5.41) is 13.7. The van der Waals surface area contributed by atoms with E-state index in [1.165, 1.54) is 39.1 Å². The fourth-order valence-electron chi connectivity index (χ4n) is 9.86. The van der Waals surface area contributed by atoms with Crippen molar-refractivity contribution in [1.29, 1.82) is 0 Å². The number of imidazole rings is 1. The van der Waals surface area contributed by atoms with Crippen molar-refractivity contribution in [3.63, 3.8) is 0 Å². The molecule has 7 aromatic carbocycles. The second-order valence-corrected chi connectivity index (χ2v) is 15.9. The molecule has 0 unspecified atom stereocenters. The molecule has 1 N–H and O–H groups in total. The van der Waals surface area contributed by atoms with Gasteiger partial charge in [-0.2, -0.15) is 0 Å². The molecule has 2 aliphatic rings. The van der Waals surface area contributed by atoms with Crippen LogP contribution in [0.15, 0.2) is 132 Å². The summed E-state index contributed by atoms with van der Waals surface area (Å²) in [6, 6.07) is 45.5. The third kappa shape index (κ3) is 5.21. The van der Waals surface area contributed by atoms with Gasteiger partial charge in [-0.15, -0.1) is 0 Å². The summed E-state index contributed by atoms with van der Waals surface area (Å²) >= 11 is 0. The summed E-state index contributed by atoms with van der Waals surface area (Å²) in [4.78, 5) is 13.6. The minimum Gasteiger partial charge on any atom is -0.507 e. The number of benzene rings is 7. The topological polar surface area (TPSA) is 53.6 Å². The van der Waals surface area contributed by atoms with Crippen molar-refractivity contribution in [2.45, 2.75) is 60.0 Å². The van der Waals surface area contributed by atoms with Crippen molar-refractivity contribution >= 4 is 33.3 Å². The number of nitrogens with zero attached hydrogens (tertiary/aromatic N) is 4. The number of aliphatic imine (C=N–C) groups is 1. The van der Waals surface area contributed by atoms with E-state index in [1.807, 2.05) is 30.3 Å². The van der Waals surface area contributed by atoms with Crippen LogP contribution in [0.3, 0.4) is 0 Å². The predicted molar refractivity (Wildman–Crippen MR) is 232 cm³/mol. The second-order valence-electron chi connectivity index (χ2n) is 15.9. The average molecular weight is 729 g/mol. The molecule has 0 spiro atoms. The van der Waals surface area contributed by atoms with E-state index in [-0.39, 0.29) is 17.8 Å². The Labute approximate surface area is 328 Å². The Kier molecular flexibility index (Phi) is 7.79. The van der Waals surface area contributed by atoms with Gasteiger partial charge in [0.15, 0.2) is 0 Å². The quantitative estimate of drug-likeness (QED) is 0.192. The number of phenols is 1. The summed E-state index contributed by atoms with van der Waals surface area (Å²) in [7, 11) is 0. The summed E-state index contributed by atoms with van der Waals surface area (Å²) in [5.41, 5.74) is 18.2. The number of anilines is 1. The van der Waals surface area contributed by atoms with E-state index >= 15 is 0 Å². The second kappa shape index (κ2) is 12.8. The highest BCUT2D eigenvalue weighted by atomic mass is 16.3. The zero-order chi connectivity index (χ0) is 38.4. The standard InChI is InChI=1S/C51H44N4O/c1-29-23-31(3)47(32(4)24-29)54-43-20-12-19-40(45(43)53-51(54)42-22-21-35-13-7-10-18-41(35)49(42)56)36-15-11-16-38(27-36)50-52-46-39-17-9-8-14-37(39)28-44(46)55(50)48-33(5)25-30(2)26-34(48)6/h7-27,44,46,56H,28H2,1-6H3/t44-,46+/m1/s1. The molecule has 0 radical (unpaired) electrons. The van der Waals surface area contributed by atoms with E-state index in [9.17, 15) is 5.11 Å². The number of fused-ring (bicyclic) bond motifs is 5. The lowest BCUT2D eigenvalue weighted by Gasteiger charge is -2.31. The number of aromatic nitrogens is 2. The molecule has 5 nitrogen and oxygen atoms in total. The number of hydrogen-bond acceptors (Lipinski definition) is 4. The first kappa shape index (κ1) is 34.1. The van der Waals surface area contributed by atoms with Crippen molar-refractivity contribution in [1.82, 2.24) is 9.55 Å². The molecule has 56 heavy (non-hydrogen) atoms. The number of hydrogen-bond donors (Lipinski definition) is 1. The van der Waals surface area contributed by atoms with Crippen LogP contribution >= 0.6 is 0 Å². The van der Waals surface area contributed by atoms with Gasteiger partial charge in [0, 0.05) is 22.2 Å². The average Bonchev–Trinajstić information content (AvgIpc) is 3.85. The van der Waals surface area contributed by atoms with Gasteiger partial charge in [-0.1, -0.05) is 120 Å². The van der Waals surface area contributed by atoms with Crippen LogP contribution in [0, 0.1) is 41.5 Å². The normalized spacial score (nSPS) is 16.1. The molecule has 0 amide bonds. The number of phenolic OH excluding ortho intramolecular Hbond substituents is 1. The fraction of sp³-hybridized carbons (Fsp3) is 0.176. The molecule has 0 fully saturated rings. The molecule has 1 aliphatic carbocycles. The summed E-state index contributed by atoms with van der Waals surface area (Å²) in [6.07, 6.45) is 0.958. The van der Waals surface area contributed by atoms with Gasteiger partial charge in [-0.05, 0) is 110 Å². The number of para-hydroxylation sites is 1. The third-order valence-corrected chi connectivity index (χ3v) is 12.0. The van der Waals surface area contributed by atoms with Gasteiger partial charge in [0.1, 0.15) is 17.4 Å². The Morgan fingerprint density at radius 3 is 2.04 bits per heavy atom. The third-order valence-electron chi connectivity index (χ3n) is 12.0. The SMILES string of the molecule is Cc1cc(C)c(N2C(c3cccc(-c4cccc5c4nc(-c4ccc6ccccc6c4O)n5-c4c(C)cc(C)cc4C)c3)=N[C@H]3c4ccccc4C[C@H]32)c(C)c1. The highest BCUT2D eigenvalue weighted by Crippen LogP contribution is 2.47. The minimum atomic E-state index is 0.0715. The van der Waals surface area contributed by atoms with Crippen LogP contribution in [0.25, 0.3) is 50.0 Å². The Morgan fingerprint density at radius 2 is 1.27 bits per heavy atom. The van der Waals surface area contributed by atoms with E-state index < -0.39 is 0 Å². The first-order valence-corrected chi connectivity index (χ1v) is 19.6. The van der Waals surface area contributed by atoms with Gasteiger partial charge in [0.05, 0.1) is 34.4 Å². The number of amidine groups is 1. The van der Waals surface area contributed by atoms with Crippen LogP contribution in [-0.4, -0.2) is 26.5 Å². The Bertz CT molecular complexity index is 2900. The molecule has 0 saturated carbocycles. The van der Waals surface area contributed by atoms with Crippen LogP contribution < -0.4 is 4.90 Å². The van der Waals surface area contributed by atoms with Crippen molar-refractivity contribution in [3.05, 3.63) is 177 Å². The van der Waals surface area contributed by atoms with Gasteiger partial charge < -0.3 is 10.0 Å². The van der Waals surface area contributed by atoms with E-state index in [1.54, 1.807) is 0 Å². The highest BCUT2D eigenvalue weighted by molar-refractivity contribution is 6.14. The summed E-state index contributed by atoms with van der Waals surface area (Å²) < 4.78 is 2.25. The Morgan fingerprint density at radius 1 is 0.607 bits per heavy atom. The van der Waals surface area contributed by atoms with Gasteiger partial charge in [0.25, 0.3) is 0 Å². The van der Waals surface area contributed by atoms with Gasteiger partial charge in [0.2, 0.25) is 0 Å². The van der Waals surface area contributed by atoms with Crippen molar-refractivity contribution in [2.24, 2.45) is 4.99 Å². The molecule has 0 saturated heterocycles. The van der Waals surface area contributed by atoms with Crippen LogP contribution in [0.4, 0.5) is 5.69 Å². The van der Waals surface area contributed by atoms with Crippen molar-refractivity contribution in [3.8, 4) is 34.0 Å². The van der Waals surface area contributed by atoms with Crippen molar-refractivity contribution in [2.75, 3.05) is 4.90 Å². The van der Waals surface area contributed by atoms with E-state index in [4.69, 9.17) is 9.98 Å². The Hall–Kier alpha value is -6.46. The van der Waals surface area contributed by atoms with E-state index in [0.29, 0.717) is 11.4 Å². The van der Waals surface area contributed by atoms with Gasteiger partial charge in [-0.3, -0.25) is 9.56 Å². The molecule has 5 heteroatoms. The molecular weight excluding hydrogens is 685 g/mol. The molecule has 0 bridgehead atoms. The molecule has 10 rings (SSSR count). The monoisotopic (exact) mass is 728 g/mol. The predicted octanol–water partition coefficient (Wildman–Crippen LogP) is 12.0. The largest absolute Gasteiger partial charge is 0.507 e. The molecule has 1 aromatic heterocycles. The van der Waals surface area contributed by atoms with Crippen LogP contribution in [0.1, 0.15) is 56.1 Å². The maximum Gasteiger partial charge on any atom is 0.149 e. The number of aryl methyl sites for hydroxylation is 6. The smallest absolute Gasteiger partial charge is 0.149 e. The molecular formula is C51H44N4O. The first-order valence-electron chi connectivity index (χ1n) is 19.6. The first-order chi connectivity index (χ1) is 27.2. The zero-order valence-electron chi connectivity index (χ0n) is 32.7. The summed E-state index contributed by atoms with van der Waals surface area (Å²) in [6.45, 7) is 13.1. The van der Waals surface area contributed by atoms with Crippen LogP contribution in [0.2, 0.25) is 0 Å². The highest BCUT2D eigenvalue weighted by Gasteiger charge is 2.44. The lowest BCUT2D eigenvalue weighted by Crippen LogP contribution is -2.38. The Balaban J connectivity index is 1.18. The maximum atomic E-state index is 11.9.